The number of ether oxygens (including phenoxy) is 3. The predicted octanol–water partition coefficient (Wildman–Crippen LogP) is 2.64. The average molecular weight is 382 g/mol. The van der Waals surface area contributed by atoms with Crippen LogP contribution < -0.4 is 0 Å². The Kier molecular flexibility index (Phi) is 12.5. The zero-order chi connectivity index (χ0) is 20.8. The van der Waals surface area contributed by atoms with Crippen molar-refractivity contribution in [2.24, 2.45) is 0 Å². The molecule has 0 aromatic carbocycles. The largest absolute Gasteiger partial charge is 0.462 e. The maximum Gasteiger partial charge on any atom is 0.333 e. The summed E-state index contributed by atoms with van der Waals surface area (Å²) in [6.07, 6.45) is 2.19. The maximum absolute atomic E-state index is 12.0. The van der Waals surface area contributed by atoms with Gasteiger partial charge in [-0.25, -0.2) is 14.4 Å². The molecule has 0 heterocycles. The Morgan fingerprint density at radius 1 is 0.852 bits per heavy atom. The molecule has 0 amide bonds. The van der Waals surface area contributed by atoms with Gasteiger partial charge in [0, 0.05) is 29.7 Å². The van der Waals surface area contributed by atoms with Gasteiger partial charge >= 0.3 is 17.9 Å². The van der Waals surface area contributed by atoms with Gasteiger partial charge in [-0.15, -0.1) is 0 Å². The standard InChI is InChI=1S/C20H30O7/c1-14(2)18(22)26-13-17(27-19(23)15(3)4)12-16(5)20(24)25-11-9-7-6-8-10-21/h17,21H,1,3,5-13H2,2,4H3. The minimum atomic E-state index is -0.887. The van der Waals surface area contributed by atoms with Crippen molar-refractivity contribution in [2.45, 2.75) is 52.1 Å². The first-order valence-electron chi connectivity index (χ1n) is 8.83. The molecule has 0 aliphatic heterocycles. The van der Waals surface area contributed by atoms with Gasteiger partial charge < -0.3 is 19.3 Å². The Bertz CT molecular complexity index is 563. The van der Waals surface area contributed by atoms with E-state index in [1.54, 1.807) is 0 Å². The van der Waals surface area contributed by atoms with E-state index in [-0.39, 0.29) is 43.0 Å². The summed E-state index contributed by atoms with van der Waals surface area (Å²) in [4.78, 5) is 35.3. The van der Waals surface area contributed by atoms with Crippen molar-refractivity contribution in [2.75, 3.05) is 19.8 Å². The van der Waals surface area contributed by atoms with Crippen LogP contribution in [0, 0.1) is 0 Å². The molecular formula is C20H30O7. The third-order valence-corrected chi connectivity index (χ3v) is 3.42. The van der Waals surface area contributed by atoms with E-state index >= 15 is 0 Å². The van der Waals surface area contributed by atoms with Gasteiger partial charge in [0.15, 0.2) is 0 Å². The summed E-state index contributed by atoms with van der Waals surface area (Å²) in [6, 6.07) is 0. The molecule has 0 bridgehead atoms. The minimum absolute atomic E-state index is 0.0359. The molecule has 1 N–H and O–H groups in total. The SMILES string of the molecule is C=C(C)C(=O)OCC(CC(=C)C(=O)OCCCCCCO)OC(=O)C(=C)C. The first kappa shape index (κ1) is 24.6. The van der Waals surface area contributed by atoms with Gasteiger partial charge in [0.25, 0.3) is 0 Å². The molecule has 7 nitrogen and oxygen atoms in total. The molecule has 0 fully saturated rings. The van der Waals surface area contributed by atoms with Crippen molar-refractivity contribution >= 4 is 17.9 Å². The lowest BCUT2D eigenvalue weighted by molar-refractivity contribution is -0.154. The average Bonchev–Trinajstić information content (AvgIpc) is 2.61. The topological polar surface area (TPSA) is 99.1 Å². The first-order chi connectivity index (χ1) is 12.7. The summed E-state index contributed by atoms with van der Waals surface area (Å²) in [5.41, 5.74) is 0.498. The van der Waals surface area contributed by atoms with Crippen molar-refractivity contribution in [1.29, 1.82) is 0 Å². The quantitative estimate of drug-likeness (QED) is 0.213. The van der Waals surface area contributed by atoms with Crippen LogP contribution in [0.2, 0.25) is 0 Å². The van der Waals surface area contributed by atoms with Crippen LogP contribution in [0.1, 0.15) is 46.0 Å². The second-order valence-corrected chi connectivity index (χ2v) is 6.27. The molecular weight excluding hydrogens is 352 g/mol. The third kappa shape index (κ3) is 11.8. The Balaban J connectivity index is 4.54. The number of carbonyl (C=O) groups is 3. The second kappa shape index (κ2) is 13.7. The number of hydrogen-bond acceptors (Lipinski definition) is 7. The van der Waals surface area contributed by atoms with E-state index in [1.807, 2.05) is 0 Å². The highest BCUT2D eigenvalue weighted by atomic mass is 16.6. The van der Waals surface area contributed by atoms with Crippen LogP contribution in [0.25, 0.3) is 0 Å². The molecule has 0 rings (SSSR count). The molecule has 7 heteroatoms. The highest BCUT2D eigenvalue weighted by Crippen LogP contribution is 2.13. The fourth-order valence-corrected chi connectivity index (χ4v) is 1.87. The van der Waals surface area contributed by atoms with Gasteiger partial charge in [-0.3, -0.25) is 0 Å². The molecule has 0 aliphatic rings. The molecule has 152 valence electrons. The lowest BCUT2D eigenvalue weighted by Crippen LogP contribution is -2.27. The molecule has 0 aromatic heterocycles. The van der Waals surface area contributed by atoms with E-state index in [0.717, 1.165) is 19.3 Å². The fourth-order valence-electron chi connectivity index (χ4n) is 1.87. The molecule has 0 radical (unpaired) electrons. The zero-order valence-electron chi connectivity index (χ0n) is 16.3. The van der Waals surface area contributed by atoms with Crippen LogP contribution in [0.15, 0.2) is 36.5 Å². The summed E-state index contributed by atoms with van der Waals surface area (Å²) in [7, 11) is 0. The van der Waals surface area contributed by atoms with E-state index < -0.39 is 24.0 Å². The second-order valence-electron chi connectivity index (χ2n) is 6.27. The van der Waals surface area contributed by atoms with Crippen LogP contribution in [0.3, 0.4) is 0 Å². The van der Waals surface area contributed by atoms with Crippen molar-refractivity contribution in [3.63, 3.8) is 0 Å². The van der Waals surface area contributed by atoms with Crippen molar-refractivity contribution in [3.8, 4) is 0 Å². The number of esters is 3. The van der Waals surface area contributed by atoms with Gasteiger partial charge in [-0.1, -0.05) is 26.2 Å². The predicted molar refractivity (Wildman–Crippen MR) is 101 cm³/mol. The van der Waals surface area contributed by atoms with Gasteiger partial charge in [0.2, 0.25) is 0 Å². The highest BCUT2D eigenvalue weighted by Gasteiger charge is 2.22. The normalized spacial score (nSPS) is 11.2. The summed E-state index contributed by atoms with van der Waals surface area (Å²) in [5.74, 6) is -1.88. The van der Waals surface area contributed by atoms with E-state index in [0.29, 0.717) is 6.42 Å². The van der Waals surface area contributed by atoms with Crippen LogP contribution >= 0.6 is 0 Å². The Morgan fingerprint density at radius 2 is 1.44 bits per heavy atom. The maximum atomic E-state index is 12.0. The van der Waals surface area contributed by atoms with Crippen molar-refractivity contribution in [1.82, 2.24) is 0 Å². The zero-order valence-corrected chi connectivity index (χ0v) is 16.3. The minimum Gasteiger partial charge on any atom is -0.462 e. The molecule has 0 aliphatic carbocycles. The Hall–Kier alpha value is -2.41. The van der Waals surface area contributed by atoms with Gasteiger partial charge in [-0.05, 0) is 33.1 Å². The molecule has 0 aromatic rings. The van der Waals surface area contributed by atoms with Crippen LogP contribution in [0.5, 0.6) is 0 Å². The lowest BCUT2D eigenvalue weighted by atomic mass is 10.1. The summed E-state index contributed by atoms with van der Waals surface area (Å²) in [6.45, 7) is 13.7. The number of rotatable bonds is 14. The van der Waals surface area contributed by atoms with Gasteiger partial charge in [0.05, 0.1) is 6.61 Å². The summed E-state index contributed by atoms with van der Waals surface area (Å²) in [5, 5.41) is 8.70. The number of hydrogen-bond donors (Lipinski definition) is 1. The number of carbonyl (C=O) groups excluding carboxylic acids is 3. The molecule has 0 spiro atoms. The summed E-state index contributed by atoms with van der Waals surface area (Å²) < 4.78 is 15.3. The van der Waals surface area contributed by atoms with Crippen molar-refractivity contribution in [3.05, 3.63) is 36.5 Å². The molecule has 1 atom stereocenters. The Morgan fingerprint density at radius 3 is 2.00 bits per heavy atom. The van der Waals surface area contributed by atoms with E-state index in [2.05, 4.69) is 19.7 Å². The third-order valence-electron chi connectivity index (χ3n) is 3.42. The smallest absolute Gasteiger partial charge is 0.333 e. The number of aliphatic hydroxyl groups excluding tert-OH is 1. The Labute approximate surface area is 160 Å². The van der Waals surface area contributed by atoms with Gasteiger partial charge in [-0.2, -0.15) is 0 Å². The molecule has 1 unspecified atom stereocenters. The first-order valence-corrected chi connectivity index (χ1v) is 8.83. The van der Waals surface area contributed by atoms with Crippen LogP contribution in [-0.2, 0) is 28.6 Å². The van der Waals surface area contributed by atoms with Crippen LogP contribution in [0.4, 0.5) is 0 Å². The highest BCUT2D eigenvalue weighted by molar-refractivity contribution is 5.89. The van der Waals surface area contributed by atoms with Crippen molar-refractivity contribution < 1.29 is 33.7 Å². The van der Waals surface area contributed by atoms with Crippen LogP contribution in [-0.4, -0.2) is 48.9 Å². The number of aliphatic hydroxyl groups is 1. The lowest BCUT2D eigenvalue weighted by Gasteiger charge is -2.19. The van der Waals surface area contributed by atoms with E-state index in [1.165, 1.54) is 13.8 Å². The van der Waals surface area contributed by atoms with E-state index in [9.17, 15) is 14.4 Å². The molecule has 0 saturated heterocycles. The molecule has 27 heavy (non-hydrogen) atoms. The number of unbranched alkanes of at least 4 members (excludes halogenated alkanes) is 3. The van der Waals surface area contributed by atoms with Gasteiger partial charge in [0.1, 0.15) is 12.7 Å². The fraction of sp³-hybridized carbons (Fsp3) is 0.550. The summed E-state index contributed by atoms with van der Waals surface area (Å²) >= 11 is 0. The monoisotopic (exact) mass is 382 g/mol. The molecule has 0 saturated carbocycles. The van der Waals surface area contributed by atoms with E-state index in [4.69, 9.17) is 19.3 Å².